The van der Waals surface area contributed by atoms with Crippen LogP contribution in [0.25, 0.3) is 27.8 Å². The summed E-state index contributed by atoms with van der Waals surface area (Å²) in [4.78, 5) is 8.74. The maximum atomic E-state index is 4.58. The third-order valence-corrected chi connectivity index (χ3v) is 4.57. The molecular formula is C20H16N6. The van der Waals surface area contributed by atoms with E-state index in [0.717, 1.165) is 33.6 Å². The zero-order chi connectivity index (χ0) is 17.5. The molecule has 0 fully saturated rings. The van der Waals surface area contributed by atoms with Gasteiger partial charge in [-0.1, -0.05) is 29.5 Å². The van der Waals surface area contributed by atoms with Gasteiger partial charge in [-0.05, 0) is 42.8 Å². The van der Waals surface area contributed by atoms with Crippen LogP contribution in [0.1, 0.15) is 11.4 Å². The minimum absolute atomic E-state index is 0.689. The van der Waals surface area contributed by atoms with Gasteiger partial charge in [0, 0.05) is 11.9 Å². The first-order valence-electron chi connectivity index (χ1n) is 8.46. The minimum atomic E-state index is 0.689. The van der Waals surface area contributed by atoms with Crippen molar-refractivity contribution in [2.45, 2.75) is 13.5 Å². The molecule has 0 saturated carbocycles. The van der Waals surface area contributed by atoms with Gasteiger partial charge in [0.25, 0.3) is 0 Å². The van der Waals surface area contributed by atoms with Gasteiger partial charge >= 0.3 is 0 Å². The molecule has 2 aromatic carbocycles. The molecule has 0 aliphatic heterocycles. The number of nitrogens with zero attached hydrogens (tertiary/aromatic N) is 6. The van der Waals surface area contributed by atoms with Gasteiger partial charge in [0.2, 0.25) is 0 Å². The second kappa shape index (κ2) is 5.77. The molecule has 0 saturated heterocycles. The number of rotatable bonds is 3. The van der Waals surface area contributed by atoms with E-state index >= 15 is 0 Å². The average molecular weight is 340 g/mol. The predicted molar refractivity (Wildman–Crippen MR) is 100 cm³/mol. The molecule has 0 bridgehead atoms. The summed E-state index contributed by atoms with van der Waals surface area (Å²) in [5, 5.41) is 8.48. The fourth-order valence-electron chi connectivity index (χ4n) is 3.34. The Kier molecular flexibility index (Phi) is 3.28. The van der Waals surface area contributed by atoms with E-state index in [1.807, 2.05) is 41.9 Å². The number of hydrogen-bond donors (Lipinski definition) is 0. The van der Waals surface area contributed by atoms with Crippen LogP contribution in [0.5, 0.6) is 0 Å². The highest BCUT2D eigenvalue weighted by atomic mass is 15.4. The first-order valence-corrected chi connectivity index (χ1v) is 8.46. The standard InChI is InChI=1S/C20H16N6/c1-14-22-18-12-21-11-10-20(18)26(14)16-8-6-15(7-9-16)13-25-19-5-3-2-4-17(19)23-24-25/h2-12H,13H2,1H3. The molecule has 6 nitrogen and oxygen atoms in total. The maximum absolute atomic E-state index is 4.58. The largest absolute Gasteiger partial charge is 0.296 e. The highest BCUT2D eigenvalue weighted by Gasteiger charge is 2.09. The van der Waals surface area contributed by atoms with Gasteiger partial charge in [-0.2, -0.15) is 0 Å². The lowest BCUT2D eigenvalue weighted by Gasteiger charge is -2.08. The van der Waals surface area contributed by atoms with Gasteiger partial charge in [0.15, 0.2) is 0 Å². The fraction of sp³-hybridized carbons (Fsp3) is 0.100. The Labute approximate surface area is 149 Å². The van der Waals surface area contributed by atoms with Crippen LogP contribution >= 0.6 is 0 Å². The Hall–Kier alpha value is -3.54. The number of aromatic nitrogens is 6. The van der Waals surface area contributed by atoms with Gasteiger partial charge in [0.05, 0.1) is 23.8 Å². The summed E-state index contributed by atoms with van der Waals surface area (Å²) in [5.74, 6) is 0.947. The molecule has 126 valence electrons. The molecule has 0 aliphatic rings. The molecule has 0 aliphatic carbocycles. The first kappa shape index (κ1) is 14.8. The number of benzene rings is 2. The number of aryl methyl sites for hydroxylation is 1. The van der Waals surface area contributed by atoms with Crippen molar-refractivity contribution in [3.63, 3.8) is 0 Å². The fourth-order valence-corrected chi connectivity index (χ4v) is 3.34. The summed E-state index contributed by atoms with van der Waals surface area (Å²) >= 11 is 0. The molecule has 0 unspecified atom stereocenters. The number of hydrogen-bond acceptors (Lipinski definition) is 4. The monoisotopic (exact) mass is 340 g/mol. The van der Waals surface area contributed by atoms with E-state index in [1.165, 1.54) is 5.56 Å². The van der Waals surface area contributed by atoms with Crippen molar-refractivity contribution in [3.8, 4) is 5.69 Å². The van der Waals surface area contributed by atoms with Crippen molar-refractivity contribution in [2.75, 3.05) is 0 Å². The van der Waals surface area contributed by atoms with Crippen molar-refractivity contribution in [3.05, 3.63) is 78.4 Å². The lowest BCUT2D eigenvalue weighted by molar-refractivity contribution is 0.669. The van der Waals surface area contributed by atoms with Gasteiger partial charge < -0.3 is 0 Å². The Balaban J connectivity index is 1.50. The van der Waals surface area contributed by atoms with Crippen LogP contribution in [0.2, 0.25) is 0 Å². The van der Waals surface area contributed by atoms with E-state index in [-0.39, 0.29) is 0 Å². The van der Waals surface area contributed by atoms with Crippen LogP contribution in [0, 0.1) is 6.92 Å². The summed E-state index contributed by atoms with van der Waals surface area (Å²) in [6.45, 7) is 2.70. The quantitative estimate of drug-likeness (QED) is 0.504. The van der Waals surface area contributed by atoms with Crippen LogP contribution in [0.4, 0.5) is 0 Å². The molecule has 3 aromatic heterocycles. The smallest absolute Gasteiger partial charge is 0.113 e. The van der Waals surface area contributed by atoms with Crippen molar-refractivity contribution < 1.29 is 0 Å². The molecule has 5 rings (SSSR count). The maximum Gasteiger partial charge on any atom is 0.113 e. The Morgan fingerprint density at radius 2 is 1.73 bits per heavy atom. The van der Waals surface area contributed by atoms with Gasteiger partial charge in [0.1, 0.15) is 16.9 Å². The van der Waals surface area contributed by atoms with Gasteiger partial charge in [-0.25, -0.2) is 9.67 Å². The Bertz CT molecular complexity index is 1220. The predicted octanol–water partition coefficient (Wildman–Crippen LogP) is 3.52. The normalized spacial score (nSPS) is 11.4. The topological polar surface area (TPSA) is 61.4 Å². The van der Waals surface area contributed by atoms with Crippen LogP contribution in [-0.4, -0.2) is 29.5 Å². The summed E-state index contributed by atoms with van der Waals surface area (Å²) in [6.07, 6.45) is 3.59. The molecule has 3 heterocycles. The molecular weight excluding hydrogens is 324 g/mol. The number of fused-ring (bicyclic) bond motifs is 2. The van der Waals surface area contributed by atoms with Crippen LogP contribution in [0.3, 0.4) is 0 Å². The third-order valence-electron chi connectivity index (χ3n) is 4.57. The highest BCUT2D eigenvalue weighted by Crippen LogP contribution is 2.21. The number of pyridine rings is 1. The minimum Gasteiger partial charge on any atom is -0.296 e. The Morgan fingerprint density at radius 3 is 2.62 bits per heavy atom. The summed E-state index contributed by atoms with van der Waals surface area (Å²) < 4.78 is 4.07. The summed E-state index contributed by atoms with van der Waals surface area (Å²) in [7, 11) is 0. The van der Waals surface area contributed by atoms with E-state index in [4.69, 9.17) is 0 Å². The molecule has 0 atom stereocenters. The number of para-hydroxylation sites is 1. The van der Waals surface area contributed by atoms with Crippen LogP contribution < -0.4 is 0 Å². The first-order chi connectivity index (χ1) is 12.8. The van der Waals surface area contributed by atoms with Crippen molar-refractivity contribution in [2.24, 2.45) is 0 Å². The van der Waals surface area contributed by atoms with Crippen molar-refractivity contribution >= 4 is 22.1 Å². The van der Waals surface area contributed by atoms with Crippen molar-refractivity contribution in [1.82, 2.24) is 29.5 Å². The molecule has 0 radical (unpaired) electrons. The van der Waals surface area contributed by atoms with E-state index in [2.05, 4.69) is 49.1 Å². The highest BCUT2D eigenvalue weighted by molar-refractivity contribution is 5.77. The zero-order valence-electron chi connectivity index (χ0n) is 14.2. The Morgan fingerprint density at radius 1 is 0.885 bits per heavy atom. The SMILES string of the molecule is Cc1nc2cnccc2n1-c1ccc(Cn2nnc3ccccc32)cc1. The van der Waals surface area contributed by atoms with E-state index in [0.29, 0.717) is 6.54 Å². The van der Waals surface area contributed by atoms with E-state index in [9.17, 15) is 0 Å². The molecule has 26 heavy (non-hydrogen) atoms. The summed E-state index contributed by atoms with van der Waals surface area (Å²) in [6, 6.07) is 18.5. The molecule has 0 amide bonds. The second-order valence-electron chi connectivity index (χ2n) is 6.26. The van der Waals surface area contributed by atoms with E-state index in [1.54, 1.807) is 12.4 Å². The third kappa shape index (κ3) is 2.35. The molecule has 6 heteroatoms. The van der Waals surface area contributed by atoms with Crippen molar-refractivity contribution in [1.29, 1.82) is 0 Å². The molecule has 0 spiro atoms. The molecule has 5 aromatic rings. The zero-order valence-corrected chi connectivity index (χ0v) is 14.2. The van der Waals surface area contributed by atoms with Crippen LogP contribution in [-0.2, 0) is 6.54 Å². The van der Waals surface area contributed by atoms with Gasteiger partial charge in [-0.3, -0.25) is 9.55 Å². The second-order valence-corrected chi connectivity index (χ2v) is 6.26. The van der Waals surface area contributed by atoms with E-state index < -0.39 is 0 Å². The lowest BCUT2D eigenvalue weighted by Crippen LogP contribution is -2.02. The van der Waals surface area contributed by atoms with Crippen LogP contribution in [0.15, 0.2) is 67.0 Å². The average Bonchev–Trinajstić information content (AvgIpc) is 3.23. The lowest BCUT2D eigenvalue weighted by atomic mass is 10.2. The molecule has 0 N–H and O–H groups in total. The van der Waals surface area contributed by atoms with Gasteiger partial charge in [-0.15, -0.1) is 5.10 Å². The number of imidazole rings is 1. The summed E-state index contributed by atoms with van der Waals surface area (Å²) in [5.41, 5.74) is 6.19.